The van der Waals surface area contributed by atoms with Crippen LogP contribution in [0.4, 0.5) is 4.39 Å². The number of unbranched alkanes of at least 4 members (excludes halogenated alkanes) is 1. The Bertz CT molecular complexity index is 1030. The maximum absolute atomic E-state index is 14.0. The predicted octanol–water partition coefficient (Wildman–Crippen LogP) is 6.79. The van der Waals surface area contributed by atoms with E-state index in [1.54, 1.807) is 28.8 Å². The standard InChI is InChI=1S/C22H21FN2OS2.C2H6/c1-2-3-5-13-18-20(27)24-22(28-15-16-10-8-9-14-19(16)23)25(21(18)26)17-11-6-4-7-12-17;1-2/h4-14,27H,2-3,15H2,1H3;1-2H3/b13-5+;. The molecule has 0 amide bonds. The van der Waals surface area contributed by atoms with Gasteiger partial charge in [0.2, 0.25) is 0 Å². The zero-order chi connectivity index (χ0) is 21.9. The van der Waals surface area contributed by atoms with Gasteiger partial charge < -0.3 is 0 Å². The Kier molecular flexibility index (Phi) is 9.91. The molecule has 0 atom stereocenters. The van der Waals surface area contributed by atoms with Crippen molar-refractivity contribution in [2.75, 3.05) is 0 Å². The molecule has 3 nitrogen and oxygen atoms in total. The molecule has 1 heterocycles. The molecule has 0 aliphatic rings. The summed E-state index contributed by atoms with van der Waals surface area (Å²) in [6, 6.07) is 16.0. The largest absolute Gasteiger partial charge is 0.268 e. The summed E-state index contributed by atoms with van der Waals surface area (Å²) in [5.74, 6) is 0.0957. The number of hydrogen-bond donors (Lipinski definition) is 1. The van der Waals surface area contributed by atoms with E-state index in [0.717, 1.165) is 18.5 Å². The van der Waals surface area contributed by atoms with Gasteiger partial charge in [0.15, 0.2) is 5.16 Å². The van der Waals surface area contributed by atoms with Crippen LogP contribution in [-0.2, 0) is 5.75 Å². The number of halogens is 1. The molecular formula is C24H27FN2OS2. The van der Waals surface area contributed by atoms with Gasteiger partial charge in [0.25, 0.3) is 5.56 Å². The van der Waals surface area contributed by atoms with Crippen molar-refractivity contribution < 1.29 is 4.39 Å². The Balaban J connectivity index is 0.00000155. The molecule has 6 heteroatoms. The zero-order valence-corrected chi connectivity index (χ0v) is 19.2. The van der Waals surface area contributed by atoms with Crippen LogP contribution in [0.5, 0.6) is 0 Å². The Morgan fingerprint density at radius 3 is 2.43 bits per heavy atom. The molecule has 0 radical (unpaired) electrons. The van der Waals surface area contributed by atoms with Crippen LogP contribution in [0.1, 0.15) is 44.7 Å². The molecule has 0 fully saturated rings. The first-order chi connectivity index (χ1) is 14.6. The van der Waals surface area contributed by atoms with Crippen molar-refractivity contribution in [3.05, 3.63) is 88.0 Å². The molecule has 0 saturated heterocycles. The normalized spacial score (nSPS) is 10.7. The molecule has 3 aromatic rings. The van der Waals surface area contributed by atoms with E-state index in [4.69, 9.17) is 0 Å². The summed E-state index contributed by atoms with van der Waals surface area (Å²) < 4.78 is 15.6. The highest BCUT2D eigenvalue weighted by molar-refractivity contribution is 7.98. The monoisotopic (exact) mass is 442 g/mol. The van der Waals surface area contributed by atoms with Crippen molar-refractivity contribution in [3.8, 4) is 5.69 Å². The first kappa shape index (κ1) is 24.0. The van der Waals surface area contributed by atoms with Crippen molar-refractivity contribution in [1.82, 2.24) is 9.55 Å². The minimum atomic E-state index is -0.270. The fourth-order valence-electron chi connectivity index (χ4n) is 2.68. The molecule has 1 aromatic heterocycles. The smallest absolute Gasteiger partial charge is 0.267 e. The third kappa shape index (κ3) is 6.09. The Hall–Kier alpha value is -2.31. The molecule has 2 aromatic carbocycles. The molecule has 0 spiro atoms. The van der Waals surface area contributed by atoms with E-state index in [-0.39, 0.29) is 11.4 Å². The van der Waals surface area contributed by atoms with Gasteiger partial charge in [0.1, 0.15) is 10.8 Å². The van der Waals surface area contributed by atoms with Gasteiger partial charge in [-0.2, -0.15) is 0 Å². The minimum absolute atomic E-state index is 0.186. The van der Waals surface area contributed by atoms with E-state index < -0.39 is 0 Å². The van der Waals surface area contributed by atoms with Crippen LogP contribution in [0.25, 0.3) is 11.8 Å². The van der Waals surface area contributed by atoms with Crippen molar-refractivity contribution in [2.24, 2.45) is 0 Å². The molecule has 0 bridgehead atoms. The number of nitrogens with zero attached hydrogens (tertiary/aromatic N) is 2. The lowest BCUT2D eigenvalue weighted by Crippen LogP contribution is -2.24. The number of allylic oxidation sites excluding steroid dienone is 1. The minimum Gasteiger partial charge on any atom is -0.268 e. The maximum Gasteiger partial charge on any atom is 0.267 e. The van der Waals surface area contributed by atoms with Crippen LogP contribution in [0, 0.1) is 5.82 Å². The fourth-order valence-corrected chi connectivity index (χ4v) is 4.00. The lowest BCUT2D eigenvalue weighted by molar-refractivity contribution is 0.617. The Labute approximate surface area is 187 Å². The summed E-state index contributed by atoms with van der Waals surface area (Å²) in [6.45, 7) is 6.08. The van der Waals surface area contributed by atoms with Gasteiger partial charge in [0, 0.05) is 5.75 Å². The average molecular weight is 443 g/mol. The van der Waals surface area contributed by atoms with E-state index in [1.165, 1.54) is 17.8 Å². The first-order valence-corrected chi connectivity index (χ1v) is 11.5. The summed E-state index contributed by atoms with van der Waals surface area (Å²) in [5.41, 5.74) is 1.55. The lowest BCUT2D eigenvalue weighted by Gasteiger charge is -2.14. The molecular weight excluding hydrogens is 415 g/mol. The number of hydrogen-bond acceptors (Lipinski definition) is 4. The van der Waals surface area contributed by atoms with Crippen molar-refractivity contribution >= 4 is 30.5 Å². The molecule has 30 heavy (non-hydrogen) atoms. The highest BCUT2D eigenvalue weighted by Crippen LogP contribution is 2.26. The summed E-state index contributed by atoms with van der Waals surface area (Å²) >= 11 is 5.75. The van der Waals surface area contributed by atoms with Crippen molar-refractivity contribution in [2.45, 2.75) is 49.5 Å². The van der Waals surface area contributed by atoms with E-state index in [0.29, 0.717) is 27.1 Å². The number of thiol groups is 1. The van der Waals surface area contributed by atoms with Gasteiger partial charge in [-0.05, 0) is 30.2 Å². The number of rotatable bonds is 7. The zero-order valence-electron chi connectivity index (χ0n) is 17.5. The summed E-state index contributed by atoms with van der Waals surface area (Å²) in [7, 11) is 0. The first-order valence-electron chi connectivity index (χ1n) is 10.1. The highest BCUT2D eigenvalue weighted by Gasteiger charge is 2.16. The van der Waals surface area contributed by atoms with Crippen molar-refractivity contribution in [1.29, 1.82) is 0 Å². The molecule has 3 rings (SSSR count). The lowest BCUT2D eigenvalue weighted by atomic mass is 10.2. The molecule has 0 N–H and O–H groups in total. The molecule has 0 unspecified atom stereocenters. The second-order valence-electron chi connectivity index (χ2n) is 6.18. The SMILES string of the molecule is CC.CCC/C=C/c1c(S)nc(SCc2ccccc2F)n(-c2ccccc2)c1=O. The van der Waals surface area contributed by atoms with Crippen LogP contribution in [0.2, 0.25) is 0 Å². The summed E-state index contributed by atoms with van der Waals surface area (Å²) in [4.78, 5) is 17.8. The third-order valence-electron chi connectivity index (χ3n) is 4.14. The van der Waals surface area contributed by atoms with Gasteiger partial charge in [-0.15, -0.1) is 12.6 Å². The van der Waals surface area contributed by atoms with Crippen LogP contribution in [0.15, 0.2) is 75.7 Å². The van der Waals surface area contributed by atoms with Gasteiger partial charge in [0.05, 0.1) is 11.3 Å². The van der Waals surface area contributed by atoms with Crippen LogP contribution in [-0.4, -0.2) is 9.55 Å². The second-order valence-corrected chi connectivity index (χ2v) is 7.55. The maximum atomic E-state index is 14.0. The third-order valence-corrected chi connectivity index (χ3v) is 5.46. The fraction of sp³-hybridized carbons (Fsp3) is 0.250. The highest BCUT2D eigenvalue weighted by atomic mass is 32.2. The number of aromatic nitrogens is 2. The number of para-hydroxylation sites is 1. The van der Waals surface area contributed by atoms with E-state index in [2.05, 4.69) is 24.5 Å². The van der Waals surface area contributed by atoms with Gasteiger partial charge in [-0.25, -0.2) is 9.37 Å². The summed E-state index contributed by atoms with van der Waals surface area (Å²) in [5, 5.41) is 0.859. The average Bonchev–Trinajstić information content (AvgIpc) is 2.77. The molecule has 0 aliphatic carbocycles. The molecule has 158 valence electrons. The van der Waals surface area contributed by atoms with Gasteiger partial charge >= 0.3 is 0 Å². The number of benzene rings is 2. The molecule has 0 saturated carbocycles. The quantitative estimate of drug-likeness (QED) is 0.189. The van der Waals surface area contributed by atoms with E-state index >= 15 is 0 Å². The topological polar surface area (TPSA) is 34.9 Å². The second kappa shape index (κ2) is 12.4. The van der Waals surface area contributed by atoms with E-state index in [1.807, 2.05) is 50.3 Å². The van der Waals surface area contributed by atoms with Gasteiger partial charge in [-0.1, -0.05) is 87.5 Å². The van der Waals surface area contributed by atoms with Crippen LogP contribution < -0.4 is 5.56 Å². The molecule has 0 aliphatic heterocycles. The Morgan fingerprint density at radius 2 is 1.77 bits per heavy atom. The van der Waals surface area contributed by atoms with E-state index in [9.17, 15) is 9.18 Å². The van der Waals surface area contributed by atoms with Crippen LogP contribution >= 0.6 is 24.4 Å². The predicted molar refractivity (Wildman–Crippen MR) is 128 cm³/mol. The summed E-state index contributed by atoms with van der Waals surface area (Å²) in [6.07, 6.45) is 5.61. The number of thioether (sulfide) groups is 1. The Morgan fingerprint density at radius 1 is 1.10 bits per heavy atom. The van der Waals surface area contributed by atoms with Crippen molar-refractivity contribution in [3.63, 3.8) is 0 Å². The van der Waals surface area contributed by atoms with Crippen LogP contribution in [0.3, 0.4) is 0 Å². The van der Waals surface area contributed by atoms with Gasteiger partial charge in [-0.3, -0.25) is 9.36 Å².